The van der Waals surface area contributed by atoms with E-state index in [1.54, 1.807) is 6.20 Å². The number of imidazole rings is 1. The molecule has 0 bridgehead atoms. The van der Waals surface area contributed by atoms with Gasteiger partial charge >= 0.3 is 0 Å². The van der Waals surface area contributed by atoms with E-state index in [0.29, 0.717) is 11.4 Å². The van der Waals surface area contributed by atoms with Crippen LogP contribution in [0.5, 0.6) is 0 Å². The van der Waals surface area contributed by atoms with Crippen LogP contribution >= 0.6 is 0 Å². The maximum absolute atomic E-state index is 13.4. The fourth-order valence-corrected chi connectivity index (χ4v) is 4.92. The number of anilines is 2. The fourth-order valence-electron chi connectivity index (χ4n) is 4.92. The number of aromatic amines is 2. The van der Waals surface area contributed by atoms with Gasteiger partial charge in [0.05, 0.1) is 34.0 Å². The summed E-state index contributed by atoms with van der Waals surface area (Å²) in [6, 6.07) is 19.8. The molecule has 1 atom stereocenters. The standard InChI is InChI=1S/C28H29N7O/c1-18(21-8-5-6-12-29-21)30-26-20-7-3-4-9-22(20)33-28(36)25(26)27-31-23-11-10-19(17-24(23)32-27)35-15-13-34(2)14-16-35/h3-12,17-18H,13-16H2,1-2H3,(H,31,32)(H2,30,33,36)/t18-/m0/s1. The van der Waals surface area contributed by atoms with Crippen LogP contribution in [0, 0.1) is 0 Å². The highest BCUT2D eigenvalue weighted by atomic mass is 16.1. The highest BCUT2D eigenvalue weighted by Gasteiger charge is 2.21. The zero-order valence-electron chi connectivity index (χ0n) is 20.5. The summed E-state index contributed by atoms with van der Waals surface area (Å²) in [5, 5.41) is 4.49. The minimum atomic E-state index is -0.192. The first-order chi connectivity index (χ1) is 17.6. The average Bonchev–Trinajstić information content (AvgIpc) is 3.32. The number of rotatable bonds is 5. The molecular formula is C28H29N7O. The number of fused-ring (bicyclic) bond motifs is 2. The van der Waals surface area contributed by atoms with E-state index in [1.165, 1.54) is 5.69 Å². The Morgan fingerprint density at radius 1 is 0.944 bits per heavy atom. The number of benzene rings is 2. The summed E-state index contributed by atoms with van der Waals surface area (Å²) in [4.78, 5) is 33.9. The topological polar surface area (TPSA) is 92.9 Å². The van der Waals surface area contributed by atoms with E-state index in [4.69, 9.17) is 4.98 Å². The maximum Gasteiger partial charge on any atom is 0.261 e. The van der Waals surface area contributed by atoms with Gasteiger partial charge in [-0.15, -0.1) is 0 Å². The molecule has 1 aliphatic heterocycles. The Hall–Kier alpha value is -4.17. The summed E-state index contributed by atoms with van der Waals surface area (Å²) in [6.07, 6.45) is 1.78. The minimum absolute atomic E-state index is 0.108. The molecule has 8 nitrogen and oxygen atoms in total. The fraction of sp³-hybridized carbons (Fsp3) is 0.250. The van der Waals surface area contributed by atoms with Crippen LogP contribution in [0.25, 0.3) is 33.3 Å². The second-order valence-electron chi connectivity index (χ2n) is 9.45. The van der Waals surface area contributed by atoms with Gasteiger partial charge in [0.2, 0.25) is 0 Å². The third-order valence-electron chi connectivity index (χ3n) is 6.98. The zero-order chi connectivity index (χ0) is 24.6. The lowest BCUT2D eigenvalue weighted by Gasteiger charge is -2.34. The van der Waals surface area contributed by atoms with E-state index in [0.717, 1.165) is 59.5 Å². The number of piperazine rings is 1. The van der Waals surface area contributed by atoms with Gasteiger partial charge in [-0.1, -0.05) is 24.3 Å². The van der Waals surface area contributed by atoms with Crippen molar-refractivity contribution in [1.29, 1.82) is 0 Å². The van der Waals surface area contributed by atoms with Crippen molar-refractivity contribution in [1.82, 2.24) is 24.8 Å². The molecule has 0 saturated carbocycles. The molecule has 8 heteroatoms. The predicted molar refractivity (Wildman–Crippen MR) is 146 cm³/mol. The summed E-state index contributed by atoms with van der Waals surface area (Å²) >= 11 is 0. The molecule has 36 heavy (non-hydrogen) atoms. The van der Waals surface area contributed by atoms with Gasteiger partial charge in [0.1, 0.15) is 11.4 Å². The van der Waals surface area contributed by atoms with Crippen molar-refractivity contribution >= 4 is 33.3 Å². The van der Waals surface area contributed by atoms with Crippen molar-refractivity contribution in [3.63, 3.8) is 0 Å². The highest BCUT2D eigenvalue weighted by molar-refractivity contribution is 5.99. The number of nitrogens with one attached hydrogen (secondary N) is 3. The highest BCUT2D eigenvalue weighted by Crippen LogP contribution is 2.33. The molecule has 182 valence electrons. The van der Waals surface area contributed by atoms with Gasteiger partial charge < -0.3 is 25.1 Å². The molecule has 0 unspecified atom stereocenters. The lowest BCUT2D eigenvalue weighted by Crippen LogP contribution is -2.44. The molecule has 0 radical (unpaired) electrons. The molecule has 3 N–H and O–H groups in total. The first kappa shape index (κ1) is 22.3. The Balaban J connectivity index is 1.45. The van der Waals surface area contributed by atoms with Gasteiger partial charge in [-0.2, -0.15) is 0 Å². The van der Waals surface area contributed by atoms with Gasteiger partial charge in [-0.25, -0.2) is 4.98 Å². The van der Waals surface area contributed by atoms with E-state index in [-0.39, 0.29) is 11.6 Å². The molecule has 6 rings (SSSR count). The molecular weight excluding hydrogens is 450 g/mol. The number of hydrogen-bond acceptors (Lipinski definition) is 6. The van der Waals surface area contributed by atoms with Gasteiger partial charge in [0.15, 0.2) is 0 Å². The van der Waals surface area contributed by atoms with Gasteiger partial charge in [-0.3, -0.25) is 9.78 Å². The first-order valence-corrected chi connectivity index (χ1v) is 12.3. The number of nitrogens with zero attached hydrogens (tertiary/aromatic N) is 4. The molecule has 2 aromatic carbocycles. The van der Waals surface area contributed by atoms with Crippen molar-refractivity contribution in [2.45, 2.75) is 13.0 Å². The molecule has 3 aromatic heterocycles. The normalized spacial score (nSPS) is 15.4. The van der Waals surface area contributed by atoms with Crippen molar-refractivity contribution in [3.8, 4) is 11.4 Å². The third-order valence-corrected chi connectivity index (χ3v) is 6.98. The summed E-state index contributed by atoms with van der Waals surface area (Å²) in [5.41, 5.74) is 5.63. The van der Waals surface area contributed by atoms with Crippen molar-refractivity contribution in [2.24, 2.45) is 0 Å². The minimum Gasteiger partial charge on any atom is -0.376 e. The number of para-hydroxylation sites is 1. The second kappa shape index (κ2) is 9.13. The SMILES string of the molecule is C[C@H](Nc1c(-c2nc3ccc(N4CCN(C)CC4)cc3[nH]2)c(=O)[nH]c2ccccc12)c1ccccn1. The van der Waals surface area contributed by atoms with Crippen molar-refractivity contribution in [3.05, 3.63) is 82.9 Å². The van der Waals surface area contributed by atoms with Crippen LogP contribution in [0.1, 0.15) is 18.7 Å². The van der Waals surface area contributed by atoms with E-state index in [9.17, 15) is 4.79 Å². The Kier molecular flexibility index (Phi) is 5.65. The quantitative estimate of drug-likeness (QED) is 0.346. The molecule has 0 aliphatic carbocycles. The van der Waals surface area contributed by atoms with Crippen LogP contribution in [-0.2, 0) is 0 Å². The molecule has 1 saturated heterocycles. The van der Waals surface area contributed by atoms with Crippen LogP contribution in [0.2, 0.25) is 0 Å². The van der Waals surface area contributed by atoms with E-state index < -0.39 is 0 Å². The van der Waals surface area contributed by atoms with Crippen LogP contribution in [-0.4, -0.2) is 58.1 Å². The Morgan fingerprint density at radius 3 is 2.56 bits per heavy atom. The summed E-state index contributed by atoms with van der Waals surface area (Å²) in [7, 11) is 2.16. The maximum atomic E-state index is 13.4. The first-order valence-electron chi connectivity index (χ1n) is 12.3. The molecule has 5 aromatic rings. The Bertz CT molecular complexity index is 1580. The lowest BCUT2D eigenvalue weighted by atomic mass is 10.1. The van der Waals surface area contributed by atoms with Crippen LogP contribution < -0.4 is 15.8 Å². The van der Waals surface area contributed by atoms with Crippen molar-refractivity contribution in [2.75, 3.05) is 43.4 Å². The number of aromatic nitrogens is 4. The Labute approximate surface area is 209 Å². The molecule has 0 amide bonds. The number of pyridine rings is 2. The lowest BCUT2D eigenvalue weighted by molar-refractivity contribution is 0.313. The molecule has 1 aliphatic rings. The zero-order valence-corrected chi connectivity index (χ0v) is 20.5. The van der Waals surface area contributed by atoms with Crippen LogP contribution in [0.15, 0.2) is 71.7 Å². The van der Waals surface area contributed by atoms with Crippen LogP contribution in [0.4, 0.5) is 11.4 Å². The summed E-state index contributed by atoms with van der Waals surface area (Å²) in [5.74, 6) is 0.545. The van der Waals surface area contributed by atoms with Crippen molar-refractivity contribution < 1.29 is 0 Å². The smallest absolute Gasteiger partial charge is 0.261 e. The molecule has 0 spiro atoms. The number of likely N-dealkylation sites (N-methyl/N-ethyl adjacent to an activating group) is 1. The number of H-pyrrole nitrogens is 2. The summed E-state index contributed by atoms with van der Waals surface area (Å²) < 4.78 is 0. The van der Waals surface area contributed by atoms with E-state index in [1.807, 2.05) is 55.5 Å². The second-order valence-corrected chi connectivity index (χ2v) is 9.45. The number of hydrogen-bond donors (Lipinski definition) is 3. The largest absolute Gasteiger partial charge is 0.376 e. The molecule has 4 heterocycles. The monoisotopic (exact) mass is 479 g/mol. The average molecular weight is 480 g/mol. The van der Waals surface area contributed by atoms with Gasteiger partial charge in [-0.05, 0) is 50.4 Å². The van der Waals surface area contributed by atoms with E-state index >= 15 is 0 Å². The van der Waals surface area contributed by atoms with Crippen LogP contribution in [0.3, 0.4) is 0 Å². The van der Waals surface area contributed by atoms with Gasteiger partial charge in [0.25, 0.3) is 5.56 Å². The summed E-state index contributed by atoms with van der Waals surface area (Å²) in [6.45, 7) is 6.12. The predicted octanol–water partition coefficient (Wildman–Crippen LogP) is 4.39. The van der Waals surface area contributed by atoms with E-state index in [2.05, 4.69) is 49.2 Å². The third kappa shape index (κ3) is 4.09. The van der Waals surface area contributed by atoms with Gasteiger partial charge in [0, 0.05) is 43.4 Å². The Morgan fingerprint density at radius 2 is 1.75 bits per heavy atom. The molecule has 1 fully saturated rings.